The predicted octanol–water partition coefficient (Wildman–Crippen LogP) is 5.80. The molecule has 0 unspecified atom stereocenters. The first-order valence-corrected chi connectivity index (χ1v) is 13.4. The van der Waals surface area contributed by atoms with Crippen LogP contribution in [0.2, 0.25) is 0 Å². The van der Waals surface area contributed by atoms with Crippen molar-refractivity contribution in [3.05, 3.63) is 125 Å². The minimum atomic E-state index is -0.845. The number of aliphatic hydroxyl groups excluding tert-OH is 1. The minimum Gasteiger partial charge on any atom is -0.506 e. The number of benzene rings is 4. The molecule has 0 bridgehead atoms. The molecule has 0 aliphatic heterocycles. The molecule has 5 aromatic rings. The Balaban J connectivity index is 1.18. The second kappa shape index (κ2) is 12.5. The number of aliphatic hydroxyl groups is 1. The average Bonchev–Trinajstić information content (AvgIpc) is 2.97. The second-order valence-corrected chi connectivity index (χ2v) is 10.0. The number of aromatic hydroxyl groups is 1. The Morgan fingerprint density at radius 3 is 2.49 bits per heavy atom. The number of pyridine rings is 1. The Bertz CT molecular complexity index is 1720. The van der Waals surface area contributed by atoms with Crippen LogP contribution in [0.3, 0.4) is 0 Å². The Kier molecular flexibility index (Phi) is 8.43. The smallest absolute Gasteiger partial charge is 0.323 e. The predicted molar refractivity (Wildman–Crippen MR) is 163 cm³/mol. The van der Waals surface area contributed by atoms with Crippen molar-refractivity contribution in [2.75, 3.05) is 17.2 Å². The molecule has 1 aromatic heterocycles. The molecule has 1 heterocycles. The van der Waals surface area contributed by atoms with E-state index in [2.05, 4.69) is 20.9 Å². The Morgan fingerprint density at radius 1 is 0.878 bits per heavy atom. The fourth-order valence-corrected chi connectivity index (χ4v) is 4.92. The van der Waals surface area contributed by atoms with Crippen LogP contribution in [0.5, 0.6) is 5.75 Å². The van der Waals surface area contributed by atoms with E-state index in [4.69, 9.17) is 0 Å². The van der Waals surface area contributed by atoms with Gasteiger partial charge in [0.2, 0.25) is 5.56 Å². The number of nitrogens with one attached hydrogen (secondary N) is 4. The standard InChI is InChI=1S/C33H32N4O4/c1-21(34-20-30(39)26-14-16-29(38)32-27(26)15-17-31(40)37-32)18-22-8-7-11-24(19-22)35-33(41)36-28-13-6-5-12-25(28)23-9-3-2-4-10-23/h2-17,19,21,30,34,38-39H,18,20H2,1H3,(H,37,40)(H2,35,36,41)/t21-,30+/m1/s1. The van der Waals surface area contributed by atoms with Crippen LogP contribution in [0, 0.1) is 0 Å². The molecule has 4 aromatic carbocycles. The lowest BCUT2D eigenvalue weighted by molar-refractivity contribution is 0.172. The summed E-state index contributed by atoms with van der Waals surface area (Å²) in [6.07, 6.45) is -0.174. The van der Waals surface area contributed by atoms with E-state index in [1.54, 1.807) is 12.1 Å². The van der Waals surface area contributed by atoms with Gasteiger partial charge in [-0.2, -0.15) is 0 Å². The van der Waals surface area contributed by atoms with E-state index >= 15 is 0 Å². The van der Waals surface area contributed by atoms with E-state index in [0.717, 1.165) is 22.4 Å². The number of para-hydroxylation sites is 1. The molecular formula is C33H32N4O4. The van der Waals surface area contributed by atoms with E-state index < -0.39 is 6.10 Å². The summed E-state index contributed by atoms with van der Waals surface area (Å²) in [6.45, 7) is 2.30. The van der Waals surface area contributed by atoms with E-state index in [0.29, 0.717) is 28.6 Å². The topological polar surface area (TPSA) is 126 Å². The number of urea groups is 1. The minimum absolute atomic E-state index is 0.0228. The summed E-state index contributed by atoms with van der Waals surface area (Å²) >= 11 is 0. The Hall–Kier alpha value is -4.92. The fraction of sp³-hybridized carbons (Fsp3) is 0.152. The van der Waals surface area contributed by atoms with Gasteiger partial charge in [-0.1, -0.05) is 66.7 Å². The maximum atomic E-state index is 12.8. The van der Waals surface area contributed by atoms with Crippen LogP contribution in [-0.2, 0) is 6.42 Å². The van der Waals surface area contributed by atoms with Gasteiger partial charge in [-0.25, -0.2) is 4.79 Å². The molecular weight excluding hydrogens is 516 g/mol. The number of anilines is 2. The molecule has 2 atom stereocenters. The number of fused-ring (bicyclic) bond motifs is 1. The fourth-order valence-electron chi connectivity index (χ4n) is 4.92. The highest BCUT2D eigenvalue weighted by atomic mass is 16.3. The lowest BCUT2D eigenvalue weighted by Gasteiger charge is -2.19. The lowest BCUT2D eigenvalue weighted by Crippen LogP contribution is -2.32. The normalized spacial score (nSPS) is 12.5. The molecule has 5 rings (SSSR count). The third-order valence-electron chi connectivity index (χ3n) is 6.91. The molecule has 0 aliphatic carbocycles. The number of phenols is 1. The van der Waals surface area contributed by atoms with Gasteiger partial charge in [-0.15, -0.1) is 0 Å². The zero-order valence-corrected chi connectivity index (χ0v) is 22.6. The molecule has 41 heavy (non-hydrogen) atoms. The van der Waals surface area contributed by atoms with Crippen LogP contribution in [0.15, 0.2) is 108 Å². The third-order valence-corrected chi connectivity index (χ3v) is 6.91. The quantitative estimate of drug-likeness (QED) is 0.139. The van der Waals surface area contributed by atoms with Gasteiger partial charge in [0, 0.05) is 35.3 Å². The van der Waals surface area contributed by atoms with Gasteiger partial charge in [0.05, 0.1) is 17.3 Å². The zero-order valence-electron chi connectivity index (χ0n) is 22.6. The number of carbonyl (C=O) groups excluding carboxylic acids is 1. The van der Waals surface area contributed by atoms with Gasteiger partial charge >= 0.3 is 6.03 Å². The molecule has 0 fully saturated rings. The van der Waals surface area contributed by atoms with Crippen LogP contribution in [0.1, 0.15) is 24.2 Å². The van der Waals surface area contributed by atoms with Gasteiger partial charge in [0.15, 0.2) is 0 Å². The van der Waals surface area contributed by atoms with E-state index in [1.165, 1.54) is 12.1 Å². The third kappa shape index (κ3) is 6.81. The molecule has 0 saturated carbocycles. The molecule has 0 spiro atoms. The monoisotopic (exact) mass is 548 g/mol. The first-order valence-electron chi connectivity index (χ1n) is 13.4. The van der Waals surface area contributed by atoms with Crippen LogP contribution < -0.4 is 21.5 Å². The van der Waals surface area contributed by atoms with Crippen molar-refractivity contribution < 1.29 is 15.0 Å². The molecule has 0 saturated heterocycles. The molecule has 6 N–H and O–H groups in total. The number of hydrogen-bond acceptors (Lipinski definition) is 5. The van der Waals surface area contributed by atoms with Gasteiger partial charge < -0.3 is 31.1 Å². The molecule has 0 radical (unpaired) electrons. The maximum Gasteiger partial charge on any atom is 0.323 e. The number of rotatable bonds is 9. The van der Waals surface area contributed by atoms with Crippen molar-refractivity contribution >= 4 is 28.3 Å². The van der Waals surface area contributed by atoms with E-state index in [-0.39, 0.29) is 29.9 Å². The van der Waals surface area contributed by atoms with Gasteiger partial charge in [-0.05, 0) is 60.4 Å². The molecule has 208 valence electrons. The SMILES string of the molecule is C[C@H](Cc1cccc(NC(=O)Nc2ccccc2-c2ccccc2)c1)NC[C@H](O)c1ccc(O)c2[nH]c(=O)ccc12. The van der Waals surface area contributed by atoms with Crippen molar-refractivity contribution in [3.63, 3.8) is 0 Å². The van der Waals surface area contributed by atoms with Crippen LogP contribution in [-0.4, -0.2) is 33.8 Å². The van der Waals surface area contributed by atoms with Crippen LogP contribution >= 0.6 is 0 Å². The summed E-state index contributed by atoms with van der Waals surface area (Å²) in [4.78, 5) is 27.1. The van der Waals surface area contributed by atoms with Crippen molar-refractivity contribution in [1.29, 1.82) is 0 Å². The van der Waals surface area contributed by atoms with Gasteiger partial charge in [-0.3, -0.25) is 4.79 Å². The molecule has 8 heteroatoms. The van der Waals surface area contributed by atoms with E-state index in [1.807, 2.05) is 85.8 Å². The summed E-state index contributed by atoms with van der Waals surface area (Å²) in [6, 6.07) is 31.0. The molecule has 8 nitrogen and oxygen atoms in total. The van der Waals surface area contributed by atoms with Crippen molar-refractivity contribution in [1.82, 2.24) is 10.3 Å². The number of phenolic OH excluding ortho intramolecular Hbond substituents is 1. The van der Waals surface area contributed by atoms with Crippen molar-refractivity contribution in [3.8, 4) is 16.9 Å². The Labute approximate surface area is 237 Å². The maximum absolute atomic E-state index is 12.8. The first-order chi connectivity index (χ1) is 19.9. The van der Waals surface area contributed by atoms with Crippen LogP contribution in [0.4, 0.5) is 16.2 Å². The summed E-state index contributed by atoms with van der Waals surface area (Å²) < 4.78 is 0. The number of aromatic nitrogens is 1. The second-order valence-electron chi connectivity index (χ2n) is 10.0. The molecule has 0 aliphatic rings. The lowest BCUT2D eigenvalue weighted by atomic mass is 10.0. The van der Waals surface area contributed by atoms with E-state index in [9.17, 15) is 19.8 Å². The summed E-state index contributed by atoms with van der Waals surface area (Å²) in [5, 5.41) is 30.8. The van der Waals surface area contributed by atoms with Gasteiger partial charge in [0.1, 0.15) is 5.75 Å². The highest BCUT2D eigenvalue weighted by molar-refractivity contribution is 6.02. The number of aromatic amines is 1. The van der Waals surface area contributed by atoms with Crippen LogP contribution in [0.25, 0.3) is 22.0 Å². The number of carbonyl (C=O) groups is 1. The summed E-state index contributed by atoms with van der Waals surface area (Å²) in [5.41, 5.74) is 4.97. The largest absolute Gasteiger partial charge is 0.506 e. The highest BCUT2D eigenvalue weighted by Gasteiger charge is 2.15. The van der Waals surface area contributed by atoms with Crippen molar-refractivity contribution in [2.45, 2.75) is 25.5 Å². The Morgan fingerprint density at radius 2 is 1.66 bits per heavy atom. The van der Waals surface area contributed by atoms with Gasteiger partial charge in [0.25, 0.3) is 0 Å². The number of amides is 2. The van der Waals surface area contributed by atoms with Crippen molar-refractivity contribution in [2.24, 2.45) is 0 Å². The highest BCUT2D eigenvalue weighted by Crippen LogP contribution is 2.29. The average molecular weight is 549 g/mol. The first kappa shape index (κ1) is 27.6. The number of hydrogen-bond donors (Lipinski definition) is 6. The number of H-pyrrole nitrogens is 1. The summed E-state index contributed by atoms with van der Waals surface area (Å²) in [7, 11) is 0. The summed E-state index contributed by atoms with van der Waals surface area (Å²) in [5.74, 6) is -0.0439. The molecule has 2 amide bonds. The zero-order chi connectivity index (χ0) is 28.8.